The Hall–Kier alpha value is -3.18. The number of amides is 1. The maximum atomic E-state index is 13.4. The van der Waals surface area contributed by atoms with Crippen molar-refractivity contribution in [1.82, 2.24) is 9.88 Å². The van der Waals surface area contributed by atoms with Gasteiger partial charge in [0.25, 0.3) is 5.91 Å². The number of benzene rings is 1. The average molecular weight is 459 g/mol. The molecule has 4 aromatic rings. The van der Waals surface area contributed by atoms with Gasteiger partial charge in [-0.15, -0.1) is 0 Å². The van der Waals surface area contributed by atoms with E-state index in [9.17, 15) is 4.79 Å². The molecule has 0 saturated heterocycles. The SMILES string of the molecule is Cc1c(C)c(C)c(Cc2ccc(C(=O)N(Cc3cccnc3)Cc3ccsc3)o2)c(C)c1C. The zero-order valence-corrected chi connectivity index (χ0v) is 20.8. The minimum Gasteiger partial charge on any atom is -0.456 e. The Bertz CT molecular complexity index is 1230. The van der Waals surface area contributed by atoms with Crippen LogP contribution in [0.4, 0.5) is 0 Å². The number of rotatable bonds is 7. The predicted octanol–water partition coefficient (Wildman–Crippen LogP) is 6.71. The molecular weight excluding hydrogens is 428 g/mol. The third-order valence-electron chi connectivity index (χ3n) is 6.72. The summed E-state index contributed by atoms with van der Waals surface area (Å²) in [6.07, 6.45) is 4.22. The molecule has 0 fully saturated rings. The van der Waals surface area contributed by atoms with Crippen LogP contribution in [0.2, 0.25) is 0 Å². The number of pyridine rings is 1. The van der Waals surface area contributed by atoms with Crippen molar-refractivity contribution < 1.29 is 9.21 Å². The number of nitrogens with zero attached hydrogens (tertiary/aromatic N) is 2. The van der Waals surface area contributed by atoms with Crippen molar-refractivity contribution in [2.24, 2.45) is 0 Å². The number of furan rings is 1. The molecule has 4 rings (SSSR count). The first-order chi connectivity index (χ1) is 15.8. The molecule has 0 aliphatic heterocycles. The number of hydrogen-bond acceptors (Lipinski definition) is 4. The molecule has 3 aromatic heterocycles. The van der Waals surface area contributed by atoms with Crippen LogP contribution in [0.1, 0.15) is 60.8 Å². The van der Waals surface area contributed by atoms with E-state index in [1.807, 2.05) is 28.5 Å². The lowest BCUT2D eigenvalue weighted by atomic mass is 9.88. The number of carbonyl (C=O) groups is 1. The highest BCUT2D eigenvalue weighted by Crippen LogP contribution is 2.28. The van der Waals surface area contributed by atoms with Gasteiger partial charge in [0, 0.05) is 31.9 Å². The lowest BCUT2D eigenvalue weighted by Gasteiger charge is -2.21. The normalized spacial score (nSPS) is 11.1. The summed E-state index contributed by atoms with van der Waals surface area (Å²) in [5.41, 5.74) is 10.00. The summed E-state index contributed by atoms with van der Waals surface area (Å²) in [6, 6.07) is 9.67. The molecular formula is C28H30N2O2S. The number of carbonyl (C=O) groups excluding carboxylic acids is 1. The fourth-order valence-electron chi connectivity index (χ4n) is 4.28. The zero-order valence-electron chi connectivity index (χ0n) is 19.9. The Kier molecular flexibility index (Phi) is 6.80. The first-order valence-electron chi connectivity index (χ1n) is 11.2. The van der Waals surface area contributed by atoms with Crippen LogP contribution in [0.25, 0.3) is 0 Å². The quantitative estimate of drug-likeness (QED) is 0.309. The van der Waals surface area contributed by atoms with Gasteiger partial charge in [-0.1, -0.05) is 6.07 Å². The zero-order chi connectivity index (χ0) is 23.5. The van der Waals surface area contributed by atoms with Gasteiger partial charge >= 0.3 is 0 Å². The van der Waals surface area contributed by atoms with E-state index < -0.39 is 0 Å². The van der Waals surface area contributed by atoms with Gasteiger partial charge in [0.15, 0.2) is 5.76 Å². The fourth-order valence-corrected chi connectivity index (χ4v) is 4.94. The molecule has 0 aliphatic rings. The molecule has 0 spiro atoms. The highest BCUT2D eigenvalue weighted by molar-refractivity contribution is 7.07. The summed E-state index contributed by atoms with van der Waals surface area (Å²) >= 11 is 1.63. The molecule has 1 amide bonds. The van der Waals surface area contributed by atoms with E-state index in [2.05, 4.69) is 51.0 Å². The van der Waals surface area contributed by atoms with Crippen molar-refractivity contribution in [3.63, 3.8) is 0 Å². The molecule has 33 heavy (non-hydrogen) atoms. The largest absolute Gasteiger partial charge is 0.456 e. The van der Waals surface area contributed by atoms with Crippen LogP contribution < -0.4 is 0 Å². The molecule has 0 radical (unpaired) electrons. The van der Waals surface area contributed by atoms with Gasteiger partial charge in [-0.05, 0) is 114 Å². The summed E-state index contributed by atoms with van der Waals surface area (Å²) < 4.78 is 6.10. The molecule has 0 saturated carbocycles. The molecule has 170 valence electrons. The smallest absolute Gasteiger partial charge is 0.290 e. The highest BCUT2D eigenvalue weighted by atomic mass is 32.1. The van der Waals surface area contributed by atoms with Gasteiger partial charge < -0.3 is 9.32 Å². The lowest BCUT2D eigenvalue weighted by molar-refractivity contribution is 0.0696. The summed E-state index contributed by atoms with van der Waals surface area (Å²) in [7, 11) is 0. The number of thiophene rings is 1. The third-order valence-corrected chi connectivity index (χ3v) is 7.45. The maximum Gasteiger partial charge on any atom is 0.290 e. The van der Waals surface area contributed by atoms with Crippen LogP contribution in [0.3, 0.4) is 0 Å². The second-order valence-electron chi connectivity index (χ2n) is 8.70. The minimum atomic E-state index is -0.110. The van der Waals surface area contributed by atoms with Crippen molar-refractivity contribution in [1.29, 1.82) is 0 Å². The van der Waals surface area contributed by atoms with Gasteiger partial charge in [-0.25, -0.2) is 0 Å². The molecule has 5 heteroatoms. The topological polar surface area (TPSA) is 46.3 Å². The molecule has 4 nitrogen and oxygen atoms in total. The van der Waals surface area contributed by atoms with E-state index in [1.54, 1.807) is 29.8 Å². The van der Waals surface area contributed by atoms with Gasteiger partial charge in [0.05, 0.1) is 0 Å². The summed E-state index contributed by atoms with van der Waals surface area (Å²) in [4.78, 5) is 19.5. The summed E-state index contributed by atoms with van der Waals surface area (Å²) in [6.45, 7) is 11.9. The molecule has 0 unspecified atom stereocenters. The molecule has 0 N–H and O–H groups in total. The fraction of sp³-hybridized carbons (Fsp3) is 0.286. The van der Waals surface area contributed by atoms with Crippen LogP contribution in [0, 0.1) is 34.6 Å². The molecule has 1 aromatic carbocycles. The molecule has 0 bridgehead atoms. The van der Waals surface area contributed by atoms with E-state index in [1.165, 1.54) is 33.4 Å². The van der Waals surface area contributed by atoms with Crippen molar-refractivity contribution >= 4 is 17.2 Å². The lowest BCUT2D eigenvalue weighted by Crippen LogP contribution is -2.29. The van der Waals surface area contributed by atoms with Crippen molar-refractivity contribution in [3.8, 4) is 0 Å². The van der Waals surface area contributed by atoms with Crippen LogP contribution >= 0.6 is 11.3 Å². The van der Waals surface area contributed by atoms with Crippen molar-refractivity contribution in [2.45, 2.75) is 54.1 Å². The molecule has 3 heterocycles. The Morgan fingerprint density at radius 1 is 0.909 bits per heavy atom. The first-order valence-corrected chi connectivity index (χ1v) is 12.1. The van der Waals surface area contributed by atoms with Gasteiger partial charge in [0.1, 0.15) is 5.76 Å². The molecule has 0 atom stereocenters. The first kappa shape index (κ1) is 23.0. The van der Waals surface area contributed by atoms with Crippen molar-refractivity contribution in [3.05, 3.63) is 110 Å². The highest BCUT2D eigenvalue weighted by Gasteiger charge is 2.21. The van der Waals surface area contributed by atoms with Crippen molar-refractivity contribution in [2.75, 3.05) is 0 Å². The van der Waals surface area contributed by atoms with Gasteiger partial charge in [-0.2, -0.15) is 11.3 Å². The Morgan fingerprint density at radius 2 is 1.61 bits per heavy atom. The van der Waals surface area contributed by atoms with Crippen LogP contribution in [0.5, 0.6) is 0 Å². The predicted molar refractivity (Wildman–Crippen MR) is 134 cm³/mol. The Labute approximate surface area is 199 Å². The maximum absolute atomic E-state index is 13.4. The monoisotopic (exact) mass is 458 g/mol. The second kappa shape index (κ2) is 9.75. The average Bonchev–Trinajstić information content (AvgIpc) is 3.51. The minimum absolute atomic E-state index is 0.110. The number of aromatic nitrogens is 1. The second-order valence-corrected chi connectivity index (χ2v) is 9.48. The Balaban J connectivity index is 1.59. The van der Waals surface area contributed by atoms with Crippen LogP contribution in [0.15, 0.2) is 57.9 Å². The Morgan fingerprint density at radius 3 is 2.24 bits per heavy atom. The van der Waals surface area contributed by atoms with E-state index in [-0.39, 0.29) is 5.91 Å². The summed E-state index contributed by atoms with van der Waals surface area (Å²) in [5.74, 6) is 1.07. The van der Waals surface area contributed by atoms with Crippen LogP contribution in [-0.2, 0) is 19.5 Å². The van der Waals surface area contributed by atoms with Gasteiger partial charge in [0.2, 0.25) is 0 Å². The summed E-state index contributed by atoms with van der Waals surface area (Å²) in [5, 5.41) is 4.11. The van der Waals surface area contributed by atoms with Crippen LogP contribution in [-0.4, -0.2) is 15.8 Å². The van der Waals surface area contributed by atoms with Gasteiger partial charge in [-0.3, -0.25) is 9.78 Å². The van der Waals surface area contributed by atoms with E-state index >= 15 is 0 Å². The van der Waals surface area contributed by atoms with E-state index in [0.717, 1.165) is 16.9 Å². The third kappa shape index (κ3) is 4.93. The molecule has 0 aliphatic carbocycles. The van der Waals surface area contributed by atoms with E-state index in [0.29, 0.717) is 25.3 Å². The standard InChI is InChI=1S/C28H30N2O2S/c1-18-19(2)21(4)26(22(5)20(18)3)13-25-8-9-27(32-25)28(31)30(16-24-10-12-33-17-24)15-23-7-6-11-29-14-23/h6-12,14,17H,13,15-16H2,1-5H3. The number of hydrogen-bond donors (Lipinski definition) is 0. The van der Waals surface area contributed by atoms with E-state index in [4.69, 9.17) is 4.42 Å².